The number of anilines is 1. The van der Waals surface area contributed by atoms with Crippen LogP contribution >= 0.6 is 0 Å². The molecule has 0 atom stereocenters. The molecule has 5 nitrogen and oxygen atoms in total. The number of benzene rings is 2. The SMILES string of the molecule is COc1ccccc1CC(=O)Nc1ccccc1C(=O)N1CCCCC1. The van der Waals surface area contributed by atoms with Gasteiger partial charge in [-0.15, -0.1) is 0 Å². The fraction of sp³-hybridized carbons (Fsp3) is 0.333. The van der Waals surface area contributed by atoms with Crippen molar-refractivity contribution in [3.8, 4) is 5.75 Å². The number of ether oxygens (including phenoxy) is 1. The van der Waals surface area contributed by atoms with Crippen LogP contribution < -0.4 is 10.1 Å². The van der Waals surface area contributed by atoms with Gasteiger partial charge in [0.15, 0.2) is 0 Å². The van der Waals surface area contributed by atoms with Gasteiger partial charge >= 0.3 is 0 Å². The molecule has 0 spiro atoms. The van der Waals surface area contributed by atoms with Gasteiger partial charge in [0, 0.05) is 18.7 Å². The van der Waals surface area contributed by atoms with Gasteiger partial charge in [0.05, 0.1) is 24.8 Å². The van der Waals surface area contributed by atoms with Crippen molar-refractivity contribution in [2.24, 2.45) is 0 Å². The van der Waals surface area contributed by atoms with Crippen LogP contribution in [0.15, 0.2) is 48.5 Å². The predicted molar refractivity (Wildman–Crippen MR) is 102 cm³/mol. The van der Waals surface area contributed by atoms with Crippen molar-refractivity contribution in [2.45, 2.75) is 25.7 Å². The molecule has 5 heteroatoms. The number of carbonyl (C=O) groups excluding carboxylic acids is 2. The summed E-state index contributed by atoms with van der Waals surface area (Å²) in [5.41, 5.74) is 1.91. The summed E-state index contributed by atoms with van der Waals surface area (Å²) in [6.45, 7) is 1.56. The average molecular weight is 352 g/mol. The molecule has 2 aromatic carbocycles. The molecule has 2 aromatic rings. The molecule has 1 aliphatic rings. The number of nitrogens with one attached hydrogen (secondary N) is 1. The van der Waals surface area contributed by atoms with Crippen LogP contribution in [0.25, 0.3) is 0 Å². The lowest BCUT2D eigenvalue weighted by atomic mass is 10.1. The maximum absolute atomic E-state index is 12.8. The van der Waals surface area contributed by atoms with Crippen molar-refractivity contribution >= 4 is 17.5 Å². The van der Waals surface area contributed by atoms with Gasteiger partial charge in [0.2, 0.25) is 5.91 Å². The molecule has 0 saturated carbocycles. The topological polar surface area (TPSA) is 58.6 Å². The van der Waals surface area contributed by atoms with Crippen molar-refractivity contribution in [1.29, 1.82) is 0 Å². The Morgan fingerprint density at radius 2 is 1.69 bits per heavy atom. The van der Waals surface area contributed by atoms with E-state index in [0.29, 0.717) is 17.0 Å². The zero-order chi connectivity index (χ0) is 18.4. The van der Waals surface area contributed by atoms with E-state index in [0.717, 1.165) is 31.5 Å². The maximum Gasteiger partial charge on any atom is 0.255 e. The first-order valence-corrected chi connectivity index (χ1v) is 8.99. The molecule has 1 N–H and O–H groups in total. The van der Waals surface area contributed by atoms with E-state index in [1.54, 1.807) is 19.2 Å². The van der Waals surface area contributed by atoms with Crippen LogP contribution in [0.5, 0.6) is 5.75 Å². The number of nitrogens with zero attached hydrogens (tertiary/aromatic N) is 1. The molecular weight excluding hydrogens is 328 g/mol. The Balaban J connectivity index is 1.73. The number of methoxy groups -OCH3 is 1. The first kappa shape index (κ1) is 18.0. The molecule has 1 aliphatic heterocycles. The second kappa shape index (κ2) is 8.52. The fourth-order valence-corrected chi connectivity index (χ4v) is 3.26. The number of para-hydroxylation sites is 2. The van der Waals surface area contributed by atoms with Gasteiger partial charge in [-0.05, 0) is 37.5 Å². The Bertz CT molecular complexity index is 782. The van der Waals surface area contributed by atoms with Crippen molar-refractivity contribution < 1.29 is 14.3 Å². The summed E-state index contributed by atoms with van der Waals surface area (Å²) in [6.07, 6.45) is 3.43. The lowest BCUT2D eigenvalue weighted by Crippen LogP contribution is -2.36. The maximum atomic E-state index is 12.8. The zero-order valence-corrected chi connectivity index (χ0v) is 15.0. The summed E-state index contributed by atoms with van der Waals surface area (Å²) in [6, 6.07) is 14.6. The third kappa shape index (κ3) is 4.23. The van der Waals surface area contributed by atoms with Crippen molar-refractivity contribution in [1.82, 2.24) is 4.90 Å². The largest absolute Gasteiger partial charge is 0.496 e. The Hall–Kier alpha value is -2.82. The number of likely N-dealkylation sites (tertiary alicyclic amines) is 1. The van der Waals surface area contributed by atoms with Crippen LogP contribution in [-0.2, 0) is 11.2 Å². The summed E-state index contributed by atoms with van der Waals surface area (Å²) < 4.78 is 5.30. The van der Waals surface area contributed by atoms with Gasteiger partial charge in [-0.1, -0.05) is 30.3 Å². The van der Waals surface area contributed by atoms with Crippen molar-refractivity contribution in [2.75, 3.05) is 25.5 Å². The lowest BCUT2D eigenvalue weighted by Gasteiger charge is -2.27. The minimum atomic E-state index is -0.173. The quantitative estimate of drug-likeness (QED) is 0.896. The van der Waals surface area contributed by atoms with E-state index in [4.69, 9.17) is 4.74 Å². The Labute approximate surface area is 154 Å². The Kier molecular flexibility index (Phi) is 5.89. The van der Waals surface area contributed by atoms with Gasteiger partial charge in [-0.25, -0.2) is 0 Å². The molecule has 0 aromatic heterocycles. The second-order valence-corrected chi connectivity index (χ2v) is 6.44. The Morgan fingerprint density at radius 3 is 2.46 bits per heavy atom. The molecule has 26 heavy (non-hydrogen) atoms. The molecule has 0 unspecified atom stereocenters. The van der Waals surface area contributed by atoms with E-state index in [9.17, 15) is 9.59 Å². The van der Waals surface area contributed by atoms with E-state index in [2.05, 4.69) is 5.32 Å². The molecule has 1 fully saturated rings. The molecule has 1 saturated heterocycles. The average Bonchev–Trinajstić information content (AvgIpc) is 2.69. The summed E-state index contributed by atoms with van der Waals surface area (Å²) >= 11 is 0. The van der Waals surface area contributed by atoms with E-state index in [1.165, 1.54) is 6.42 Å². The number of piperidine rings is 1. The monoisotopic (exact) mass is 352 g/mol. The highest BCUT2D eigenvalue weighted by atomic mass is 16.5. The Morgan fingerprint density at radius 1 is 1.00 bits per heavy atom. The standard InChI is InChI=1S/C21H24N2O3/c1-26-19-12-6-3-9-16(19)15-20(24)22-18-11-5-4-10-17(18)21(25)23-13-7-2-8-14-23/h3-6,9-12H,2,7-8,13-15H2,1H3,(H,22,24). The smallest absolute Gasteiger partial charge is 0.255 e. The molecule has 3 rings (SSSR count). The van der Waals surface area contributed by atoms with Crippen LogP contribution in [0.4, 0.5) is 5.69 Å². The van der Waals surface area contributed by atoms with E-state index < -0.39 is 0 Å². The summed E-state index contributed by atoms with van der Waals surface area (Å²) in [7, 11) is 1.59. The van der Waals surface area contributed by atoms with Gasteiger partial charge in [-0.2, -0.15) is 0 Å². The first-order chi connectivity index (χ1) is 12.7. The predicted octanol–water partition coefficient (Wildman–Crippen LogP) is 3.50. The number of hydrogen-bond donors (Lipinski definition) is 1. The van der Waals surface area contributed by atoms with Gasteiger partial charge in [-0.3, -0.25) is 9.59 Å². The molecule has 0 radical (unpaired) electrons. The van der Waals surface area contributed by atoms with Crippen molar-refractivity contribution in [3.63, 3.8) is 0 Å². The molecule has 0 bridgehead atoms. The first-order valence-electron chi connectivity index (χ1n) is 8.99. The number of rotatable bonds is 5. The number of hydrogen-bond acceptors (Lipinski definition) is 3. The normalized spacial score (nSPS) is 14.0. The minimum absolute atomic E-state index is 0.0158. The number of carbonyl (C=O) groups is 2. The van der Waals surface area contributed by atoms with E-state index in [-0.39, 0.29) is 18.2 Å². The van der Waals surface area contributed by atoms with Crippen LogP contribution in [0.1, 0.15) is 35.2 Å². The van der Waals surface area contributed by atoms with E-state index in [1.807, 2.05) is 41.3 Å². The number of amides is 2. The summed E-state index contributed by atoms with van der Waals surface area (Å²) in [5.74, 6) is 0.492. The highest BCUT2D eigenvalue weighted by Crippen LogP contribution is 2.22. The van der Waals surface area contributed by atoms with Gasteiger partial charge < -0.3 is 15.0 Å². The lowest BCUT2D eigenvalue weighted by molar-refractivity contribution is -0.115. The van der Waals surface area contributed by atoms with Crippen LogP contribution in [-0.4, -0.2) is 36.9 Å². The molecule has 136 valence electrons. The second-order valence-electron chi connectivity index (χ2n) is 6.44. The summed E-state index contributed by atoms with van der Waals surface area (Å²) in [5, 5.41) is 2.89. The van der Waals surface area contributed by atoms with Crippen molar-refractivity contribution in [3.05, 3.63) is 59.7 Å². The molecule has 0 aliphatic carbocycles. The third-order valence-corrected chi connectivity index (χ3v) is 4.62. The highest BCUT2D eigenvalue weighted by molar-refractivity contribution is 6.04. The molecular formula is C21H24N2O3. The van der Waals surface area contributed by atoms with Crippen LogP contribution in [0.3, 0.4) is 0 Å². The molecule has 1 heterocycles. The van der Waals surface area contributed by atoms with E-state index >= 15 is 0 Å². The zero-order valence-electron chi connectivity index (χ0n) is 15.0. The third-order valence-electron chi connectivity index (χ3n) is 4.62. The fourth-order valence-electron chi connectivity index (χ4n) is 3.26. The summed E-state index contributed by atoms with van der Waals surface area (Å²) in [4.78, 5) is 27.2. The van der Waals surface area contributed by atoms with Crippen LogP contribution in [0, 0.1) is 0 Å². The minimum Gasteiger partial charge on any atom is -0.496 e. The highest BCUT2D eigenvalue weighted by Gasteiger charge is 2.21. The van der Waals surface area contributed by atoms with Gasteiger partial charge in [0.25, 0.3) is 5.91 Å². The van der Waals surface area contributed by atoms with Crippen LogP contribution in [0.2, 0.25) is 0 Å². The molecule has 2 amide bonds. The van der Waals surface area contributed by atoms with Gasteiger partial charge in [0.1, 0.15) is 5.75 Å².